The third kappa shape index (κ3) is 3.47. The summed E-state index contributed by atoms with van der Waals surface area (Å²) in [6.07, 6.45) is 0.208. The van der Waals surface area contributed by atoms with Crippen molar-refractivity contribution < 1.29 is 23.8 Å². The van der Waals surface area contributed by atoms with Crippen LogP contribution in [0.3, 0.4) is 0 Å². The van der Waals surface area contributed by atoms with Crippen LogP contribution in [0.1, 0.15) is 42.5 Å². The van der Waals surface area contributed by atoms with Crippen molar-refractivity contribution in [2.75, 3.05) is 19.7 Å². The largest absolute Gasteiger partial charge is 0.507 e. The maximum atomic E-state index is 12.7. The fourth-order valence-corrected chi connectivity index (χ4v) is 4.43. The van der Waals surface area contributed by atoms with Crippen molar-refractivity contribution in [2.45, 2.75) is 46.4 Å². The van der Waals surface area contributed by atoms with Crippen molar-refractivity contribution in [3.63, 3.8) is 0 Å². The summed E-state index contributed by atoms with van der Waals surface area (Å²) in [5, 5.41) is 13.3. The van der Waals surface area contributed by atoms with Gasteiger partial charge in [0.15, 0.2) is 0 Å². The molecule has 0 bridgehead atoms. The molecule has 0 aliphatic carbocycles. The van der Waals surface area contributed by atoms with Crippen molar-refractivity contribution in [2.24, 2.45) is 0 Å². The highest BCUT2D eigenvalue weighted by molar-refractivity contribution is 6.16. The highest BCUT2D eigenvalue weighted by Gasteiger charge is 2.29. The predicted molar refractivity (Wildman–Crippen MR) is 111 cm³/mol. The van der Waals surface area contributed by atoms with Crippen LogP contribution in [0.2, 0.25) is 0 Å². The van der Waals surface area contributed by atoms with E-state index in [2.05, 4.69) is 4.90 Å². The van der Waals surface area contributed by atoms with E-state index in [0.717, 1.165) is 18.5 Å². The van der Waals surface area contributed by atoms with Gasteiger partial charge < -0.3 is 19.0 Å². The van der Waals surface area contributed by atoms with E-state index in [-0.39, 0.29) is 24.6 Å². The first kappa shape index (κ1) is 19.7. The lowest BCUT2D eigenvalue weighted by Gasteiger charge is -2.35. The number of hydrogen-bond acceptors (Lipinski definition) is 6. The van der Waals surface area contributed by atoms with Crippen LogP contribution in [0.4, 0.5) is 0 Å². The molecule has 0 spiro atoms. The van der Waals surface area contributed by atoms with Gasteiger partial charge in [-0.3, -0.25) is 4.90 Å². The standard InChI is InChI=1S/C23H27NO5/c1-5-27-23(26)19-15(4)29-22-17-9-7-6-8-16(17)21(25)18(20(19)22)12-24-10-13(2)28-14(3)11-24/h6-9,13-14,25H,5,10-12H2,1-4H3. The molecular weight excluding hydrogens is 370 g/mol. The number of rotatable bonds is 4. The van der Waals surface area contributed by atoms with Gasteiger partial charge in [0, 0.05) is 41.4 Å². The number of aromatic hydroxyl groups is 1. The van der Waals surface area contributed by atoms with Gasteiger partial charge in [0.05, 0.1) is 18.8 Å². The fraction of sp³-hybridized carbons (Fsp3) is 0.435. The maximum absolute atomic E-state index is 12.7. The Morgan fingerprint density at radius 2 is 1.86 bits per heavy atom. The first-order valence-electron chi connectivity index (χ1n) is 10.1. The summed E-state index contributed by atoms with van der Waals surface area (Å²) >= 11 is 0. The van der Waals surface area contributed by atoms with Crippen molar-refractivity contribution in [3.05, 3.63) is 41.2 Å². The second-order valence-corrected chi connectivity index (χ2v) is 7.78. The molecule has 1 fully saturated rings. The number of carbonyl (C=O) groups is 1. The smallest absolute Gasteiger partial charge is 0.342 e. The van der Waals surface area contributed by atoms with E-state index in [1.165, 1.54) is 0 Å². The van der Waals surface area contributed by atoms with E-state index >= 15 is 0 Å². The number of aryl methyl sites for hydroxylation is 1. The van der Waals surface area contributed by atoms with E-state index in [1.807, 2.05) is 38.1 Å². The molecule has 2 aromatic carbocycles. The van der Waals surface area contributed by atoms with E-state index in [9.17, 15) is 9.90 Å². The minimum atomic E-state index is -0.427. The number of furan rings is 1. The van der Waals surface area contributed by atoms with Crippen LogP contribution in [0.25, 0.3) is 21.7 Å². The minimum absolute atomic E-state index is 0.104. The molecule has 6 nitrogen and oxygen atoms in total. The van der Waals surface area contributed by atoms with Crippen LogP contribution >= 0.6 is 0 Å². The Labute approximate surface area is 170 Å². The SMILES string of the molecule is CCOC(=O)c1c(C)oc2c1c(CN1CC(C)OC(C)C1)c(O)c1ccccc12. The molecule has 1 aliphatic rings. The summed E-state index contributed by atoms with van der Waals surface area (Å²) in [7, 11) is 0. The van der Waals surface area contributed by atoms with E-state index < -0.39 is 5.97 Å². The molecule has 29 heavy (non-hydrogen) atoms. The molecule has 2 heterocycles. The molecule has 0 radical (unpaired) electrons. The van der Waals surface area contributed by atoms with Gasteiger partial charge in [0.25, 0.3) is 0 Å². The topological polar surface area (TPSA) is 72.1 Å². The van der Waals surface area contributed by atoms with Gasteiger partial charge in [-0.05, 0) is 27.7 Å². The number of fused-ring (bicyclic) bond motifs is 3. The lowest BCUT2D eigenvalue weighted by molar-refractivity contribution is -0.0705. The molecular formula is C23H27NO5. The fourth-order valence-electron chi connectivity index (χ4n) is 4.43. The molecule has 1 N–H and O–H groups in total. The highest BCUT2D eigenvalue weighted by atomic mass is 16.5. The van der Waals surface area contributed by atoms with Crippen molar-refractivity contribution >= 4 is 27.7 Å². The molecule has 0 saturated carbocycles. The van der Waals surface area contributed by atoms with Crippen molar-refractivity contribution in [1.82, 2.24) is 4.90 Å². The van der Waals surface area contributed by atoms with Gasteiger partial charge in [-0.2, -0.15) is 0 Å². The normalized spacial score (nSPS) is 20.4. The Balaban J connectivity index is 1.95. The molecule has 0 amide bonds. The number of hydrogen-bond donors (Lipinski definition) is 1. The maximum Gasteiger partial charge on any atom is 0.342 e. The Kier molecular flexibility index (Phi) is 5.23. The lowest BCUT2D eigenvalue weighted by Crippen LogP contribution is -2.44. The molecule has 2 atom stereocenters. The van der Waals surface area contributed by atoms with Gasteiger partial charge in [-0.1, -0.05) is 24.3 Å². The highest BCUT2D eigenvalue weighted by Crippen LogP contribution is 2.42. The molecule has 1 saturated heterocycles. The Bertz CT molecular complexity index is 1060. The Morgan fingerprint density at radius 1 is 1.21 bits per heavy atom. The predicted octanol–water partition coefficient (Wildman–Crippen LogP) is 4.39. The summed E-state index contributed by atoms with van der Waals surface area (Å²) in [6, 6.07) is 7.56. The molecule has 2 unspecified atom stereocenters. The Morgan fingerprint density at radius 3 is 2.52 bits per heavy atom. The zero-order valence-corrected chi connectivity index (χ0v) is 17.3. The molecule has 1 aliphatic heterocycles. The molecule has 4 rings (SSSR count). The number of esters is 1. The number of carbonyl (C=O) groups excluding carboxylic acids is 1. The van der Waals surface area contributed by atoms with Gasteiger partial charge in [-0.15, -0.1) is 0 Å². The zero-order chi connectivity index (χ0) is 20.7. The van der Waals surface area contributed by atoms with Crippen LogP contribution in [-0.4, -0.2) is 47.9 Å². The average molecular weight is 397 g/mol. The van der Waals surface area contributed by atoms with Crippen LogP contribution in [0.5, 0.6) is 5.75 Å². The third-order valence-electron chi connectivity index (χ3n) is 5.46. The molecule has 1 aromatic heterocycles. The summed E-state index contributed by atoms with van der Waals surface area (Å²) in [6.45, 7) is 9.91. The Hall–Kier alpha value is -2.57. The van der Waals surface area contributed by atoms with E-state index in [1.54, 1.807) is 13.8 Å². The summed E-state index contributed by atoms with van der Waals surface area (Å²) in [5.41, 5.74) is 1.70. The number of phenolic OH excluding ortho intramolecular Hbond substituents is 1. The van der Waals surface area contributed by atoms with Crippen LogP contribution in [0.15, 0.2) is 28.7 Å². The van der Waals surface area contributed by atoms with E-state index in [4.69, 9.17) is 13.9 Å². The average Bonchev–Trinajstić information content (AvgIpc) is 3.02. The van der Waals surface area contributed by atoms with Gasteiger partial charge in [-0.25, -0.2) is 4.79 Å². The number of benzene rings is 2. The van der Waals surface area contributed by atoms with Crippen LogP contribution in [-0.2, 0) is 16.0 Å². The molecule has 3 aromatic rings. The number of nitrogens with zero attached hydrogens (tertiary/aromatic N) is 1. The number of ether oxygens (including phenoxy) is 2. The molecule has 6 heteroatoms. The monoisotopic (exact) mass is 397 g/mol. The zero-order valence-electron chi connectivity index (χ0n) is 17.3. The minimum Gasteiger partial charge on any atom is -0.507 e. The van der Waals surface area contributed by atoms with Crippen LogP contribution in [0, 0.1) is 6.92 Å². The van der Waals surface area contributed by atoms with Gasteiger partial charge in [0.1, 0.15) is 22.7 Å². The first-order chi connectivity index (χ1) is 13.9. The molecule has 154 valence electrons. The lowest BCUT2D eigenvalue weighted by atomic mass is 9.97. The van der Waals surface area contributed by atoms with Gasteiger partial charge >= 0.3 is 5.97 Å². The van der Waals surface area contributed by atoms with E-state index in [0.29, 0.717) is 39.8 Å². The van der Waals surface area contributed by atoms with Crippen molar-refractivity contribution in [1.29, 1.82) is 0 Å². The van der Waals surface area contributed by atoms with Crippen LogP contribution < -0.4 is 0 Å². The summed E-state index contributed by atoms with van der Waals surface area (Å²) in [5.74, 6) is 0.258. The second-order valence-electron chi connectivity index (χ2n) is 7.78. The first-order valence-corrected chi connectivity index (χ1v) is 10.1. The summed E-state index contributed by atoms with van der Waals surface area (Å²) in [4.78, 5) is 15.0. The summed E-state index contributed by atoms with van der Waals surface area (Å²) < 4.78 is 17.2. The van der Waals surface area contributed by atoms with Crippen molar-refractivity contribution in [3.8, 4) is 5.75 Å². The quantitative estimate of drug-likeness (QED) is 0.659. The number of morpholine rings is 1. The third-order valence-corrected chi connectivity index (χ3v) is 5.46. The van der Waals surface area contributed by atoms with Gasteiger partial charge in [0.2, 0.25) is 0 Å². The number of phenols is 1. The second kappa shape index (κ2) is 7.69.